The number of nitrogens with zero attached hydrogens (tertiary/aromatic N) is 2. The van der Waals surface area contributed by atoms with E-state index in [0.29, 0.717) is 17.2 Å². The first-order valence-electron chi connectivity index (χ1n) is 8.01. The lowest BCUT2D eigenvalue weighted by Crippen LogP contribution is -2.42. The van der Waals surface area contributed by atoms with E-state index in [1.807, 2.05) is 13.0 Å². The fraction of sp³-hybridized carbons (Fsp3) is 0.562. The van der Waals surface area contributed by atoms with Crippen molar-refractivity contribution in [3.8, 4) is 0 Å². The SMILES string of the molecule is Cc1noc2nc(C3CC3)cc(C(=O)NC3CCNCC3)c12. The van der Waals surface area contributed by atoms with Gasteiger partial charge < -0.3 is 15.2 Å². The van der Waals surface area contributed by atoms with Crippen molar-refractivity contribution in [2.45, 2.75) is 44.6 Å². The predicted octanol–water partition coefficient (Wildman–Crippen LogP) is 1.89. The molecule has 2 N–H and O–H groups in total. The van der Waals surface area contributed by atoms with Gasteiger partial charge in [0.2, 0.25) is 0 Å². The number of hydrogen-bond acceptors (Lipinski definition) is 5. The average molecular weight is 300 g/mol. The zero-order valence-corrected chi connectivity index (χ0v) is 12.7. The molecule has 0 aromatic carbocycles. The van der Waals surface area contributed by atoms with Crippen LogP contribution in [0.15, 0.2) is 10.6 Å². The summed E-state index contributed by atoms with van der Waals surface area (Å²) in [6.45, 7) is 3.76. The zero-order valence-electron chi connectivity index (χ0n) is 12.7. The maximum absolute atomic E-state index is 12.7. The maximum Gasteiger partial charge on any atom is 0.259 e. The zero-order chi connectivity index (χ0) is 15.1. The number of rotatable bonds is 3. The summed E-state index contributed by atoms with van der Waals surface area (Å²) < 4.78 is 5.30. The lowest BCUT2D eigenvalue weighted by molar-refractivity contribution is 0.0931. The highest BCUT2D eigenvalue weighted by Gasteiger charge is 2.29. The maximum atomic E-state index is 12.7. The van der Waals surface area contributed by atoms with Crippen LogP contribution in [0.5, 0.6) is 0 Å². The first-order chi connectivity index (χ1) is 10.7. The molecule has 4 rings (SSSR count). The normalized spacial score (nSPS) is 19.5. The van der Waals surface area contributed by atoms with Crippen LogP contribution in [0, 0.1) is 6.92 Å². The highest BCUT2D eigenvalue weighted by Crippen LogP contribution is 2.40. The van der Waals surface area contributed by atoms with Crippen LogP contribution in [-0.4, -0.2) is 35.2 Å². The molecule has 2 aromatic rings. The number of fused-ring (bicyclic) bond motifs is 1. The second kappa shape index (κ2) is 5.35. The molecule has 0 unspecified atom stereocenters. The molecule has 1 saturated heterocycles. The number of carbonyl (C=O) groups is 1. The second-order valence-electron chi connectivity index (χ2n) is 6.31. The Morgan fingerprint density at radius 2 is 2.09 bits per heavy atom. The van der Waals surface area contributed by atoms with Crippen LogP contribution < -0.4 is 10.6 Å². The van der Waals surface area contributed by atoms with Gasteiger partial charge in [0.05, 0.1) is 16.6 Å². The topological polar surface area (TPSA) is 80.0 Å². The molecule has 3 heterocycles. The minimum absolute atomic E-state index is 0.0347. The Kier molecular flexibility index (Phi) is 3.33. The molecule has 6 heteroatoms. The minimum Gasteiger partial charge on any atom is -0.349 e. The monoisotopic (exact) mass is 300 g/mol. The van der Waals surface area contributed by atoms with Gasteiger partial charge in [0.15, 0.2) is 0 Å². The highest BCUT2D eigenvalue weighted by atomic mass is 16.5. The molecule has 1 aliphatic heterocycles. The molecule has 116 valence electrons. The van der Waals surface area contributed by atoms with E-state index in [2.05, 4.69) is 20.8 Å². The summed E-state index contributed by atoms with van der Waals surface area (Å²) in [5.74, 6) is 0.438. The van der Waals surface area contributed by atoms with Crippen molar-refractivity contribution in [3.63, 3.8) is 0 Å². The van der Waals surface area contributed by atoms with Crippen molar-refractivity contribution in [2.24, 2.45) is 0 Å². The third-order valence-electron chi connectivity index (χ3n) is 4.55. The van der Waals surface area contributed by atoms with Crippen LogP contribution in [0.1, 0.15) is 53.3 Å². The molecule has 1 amide bonds. The molecule has 0 bridgehead atoms. The Labute approximate surface area is 128 Å². The molecule has 0 atom stereocenters. The number of aromatic nitrogens is 2. The highest BCUT2D eigenvalue weighted by molar-refractivity contribution is 6.06. The Bertz CT molecular complexity index is 714. The fourth-order valence-corrected chi connectivity index (χ4v) is 3.11. The van der Waals surface area contributed by atoms with Gasteiger partial charge in [0.25, 0.3) is 11.6 Å². The molecule has 1 aliphatic carbocycles. The van der Waals surface area contributed by atoms with Crippen LogP contribution in [0.25, 0.3) is 11.1 Å². The Hall–Kier alpha value is -1.95. The van der Waals surface area contributed by atoms with E-state index < -0.39 is 0 Å². The first kappa shape index (κ1) is 13.7. The number of pyridine rings is 1. The van der Waals surface area contributed by atoms with E-state index in [1.54, 1.807) is 0 Å². The van der Waals surface area contributed by atoms with Gasteiger partial charge in [-0.15, -0.1) is 0 Å². The molecule has 0 spiro atoms. The lowest BCUT2D eigenvalue weighted by Gasteiger charge is -2.23. The van der Waals surface area contributed by atoms with Crippen LogP contribution >= 0.6 is 0 Å². The summed E-state index contributed by atoms with van der Waals surface area (Å²) in [5.41, 5.74) is 2.82. The van der Waals surface area contributed by atoms with Crippen LogP contribution in [0.4, 0.5) is 0 Å². The van der Waals surface area contributed by atoms with Crippen molar-refractivity contribution < 1.29 is 9.32 Å². The minimum atomic E-state index is -0.0347. The van der Waals surface area contributed by atoms with Gasteiger partial charge in [-0.2, -0.15) is 0 Å². The molecule has 2 aromatic heterocycles. The number of amides is 1. The van der Waals surface area contributed by atoms with E-state index in [9.17, 15) is 4.79 Å². The molecule has 22 heavy (non-hydrogen) atoms. The Morgan fingerprint density at radius 3 is 2.82 bits per heavy atom. The average Bonchev–Trinajstić information content (AvgIpc) is 3.32. The molecule has 2 aliphatic rings. The van der Waals surface area contributed by atoms with Gasteiger partial charge >= 0.3 is 0 Å². The van der Waals surface area contributed by atoms with Crippen molar-refractivity contribution in [3.05, 3.63) is 23.0 Å². The molecule has 0 radical (unpaired) electrons. The molecule has 2 fully saturated rings. The summed E-state index contributed by atoms with van der Waals surface area (Å²) in [4.78, 5) is 17.3. The number of hydrogen-bond donors (Lipinski definition) is 2. The van der Waals surface area contributed by atoms with E-state index in [0.717, 1.165) is 55.5 Å². The van der Waals surface area contributed by atoms with Gasteiger partial charge in [-0.3, -0.25) is 4.79 Å². The fourth-order valence-electron chi connectivity index (χ4n) is 3.11. The number of nitrogens with one attached hydrogen (secondary N) is 2. The van der Waals surface area contributed by atoms with Crippen molar-refractivity contribution >= 4 is 17.0 Å². The summed E-state index contributed by atoms with van der Waals surface area (Å²) in [5, 5.41) is 11.2. The number of carbonyl (C=O) groups excluding carboxylic acids is 1. The molecule has 1 saturated carbocycles. The lowest BCUT2D eigenvalue weighted by atomic mass is 10.0. The van der Waals surface area contributed by atoms with Crippen LogP contribution in [0.3, 0.4) is 0 Å². The summed E-state index contributed by atoms with van der Waals surface area (Å²) in [7, 11) is 0. The van der Waals surface area contributed by atoms with E-state index in [-0.39, 0.29) is 11.9 Å². The smallest absolute Gasteiger partial charge is 0.259 e. The van der Waals surface area contributed by atoms with Gasteiger partial charge in [0.1, 0.15) is 0 Å². The number of aryl methyl sites for hydroxylation is 1. The Morgan fingerprint density at radius 1 is 1.32 bits per heavy atom. The first-order valence-corrected chi connectivity index (χ1v) is 8.01. The van der Waals surface area contributed by atoms with Gasteiger partial charge in [-0.25, -0.2) is 4.98 Å². The largest absolute Gasteiger partial charge is 0.349 e. The molecule has 6 nitrogen and oxygen atoms in total. The van der Waals surface area contributed by atoms with Crippen LogP contribution in [-0.2, 0) is 0 Å². The third kappa shape index (κ3) is 2.47. The van der Waals surface area contributed by atoms with Gasteiger partial charge in [0, 0.05) is 17.7 Å². The summed E-state index contributed by atoms with van der Waals surface area (Å²) >= 11 is 0. The standard InChI is InChI=1S/C16H20N4O2/c1-9-14-12(15(21)18-11-4-6-17-7-5-11)8-13(10-2-3-10)19-16(14)22-20-9/h8,10-11,17H,2-7H2,1H3,(H,18,21). The Balaban J connectivity index is 1.68. The second-order valence-corrected chi connectivity index (χ2v) is 6.31. The quantitative estimate of drug-likeness (QED) is 0.905. The summed E-state index contributed by atoms with van der Waals surface area (Å²) in [6.07, 6.45) is 4.22. The predicted molar refractivity (Wildman–Crippen MR) is 81.9 cm³/mol. The summed E-state index contributed by atoms with van der Waals surface area (Å²) in [6, 6.07) is 2.17. The van der Waals surface area contributed by atoms with Gasteiger partial charge in [-0.05, 0) is 51.8 Å². The molecular formula is C16H20N4O2. The van der Waals surface area contributed by atoms with Crippen molar-refractivity contribution in [1.82, 2.24) is 20.8 Å². The number of piperidine rings is 1. The van der Waals surface area contributed by atoms with E-state index in [1.165, 1.54) is 0 Å². The van der Waals surface area contributed by atoms with E-state index in [4.69, 9.17) is 4.52 Å². The third-order valence-corrected chi connectivity index (χ3v) is 4.55. The van der Waals surface area contributed by atoms with E-state index >= 15 is 0 Å². The van der Waals surface area contributed by atoms with Crippen molar-refractivity contribution in [1.29, 1.82) is 0 Å². The van der Waals surface area contributed by atoms with Crippen LogP contribution in [0.2, 0.25) is 0 Å². The van der Waals surface area contributed by atoms with Crippen molar-refractivity contribution in [2.75, 3.05) is 13.1 Å². The molecular weight excluding hydrogens is 280 g/mol. The van der Waals surface area contributed by atoms with Gasteiger partial charge in [-0.1, -0.05) is 5.16 Å².